The predicted octanol–water partition coefficient (Wildman–Crippen LogP) is 3.61. The van der Waals surface area contributed by atoms with E-state index in [1.165, 1.54) is 27.8 Å². The van der Waals surface area contributed by atoms with E-state index in [0.29, 0.717) is 27.8 Å². The van der Waals surface area contributed by atoms with Crippen LogP contribution in [0, 0.1) is 5.82 Å². The quantitative estimate of drug-likeness (QED) is 0.480. The lowest BCUT2D eigenvalue weighted by Crippen LogP contribution is -2.41. The van der Waals surface area contributed by atoms with Crippen molar-refractivity contribution in [2.75, 3.05) is 11.9 Å². The van der Waals surface area contributed by atoms with Crippen LogP contribution in [0.3, 0.4) is 0 Å². The molecular weight excluding hydrogens is 444 g/mol. The maximum Gasteiger partial charge on any atom is 0.323 e. The number of rotatable bonds is 4. The summed E-state index contributed by atoms with van der Waals surface area (Å²) in [5, 5.41) is 11.6. The van der Waals surface area contributed by atoms with Crippen molar-refractivity contribution in [2.24, 2.45) is 5.73 Å². The number of hydrogen-bond acceptors (Lipinski definition) is 4. The SMILES string of the molecule is NC(=O)n1cc(NC(=O)N2CC(F)CC2Cn2cc(-c3ccc(F)cc3)nn2)c2ccccc21. The fourth-order valence-electron chi connectivity index (χ4n) is 4.29. The molecule has 4 aromatic rings. The van der Waals surface area contributed by atoms with Crippen LogP contribution in [0.1, 0.15) is 6.42 Å². The number of benzene rings is 2. The molecule has 0 aliphatic carbocycles. The number of nitrogens with two attached hydrogens (primary N) is 1. The van der Waals surface area contributed by atoms with Crippen molar-refractivity contribution in [1.82, 2.24) is 24.5 Å². The minimum absolute atomic E-state index is 0.0650. The van der Waals surface area contributed by atoms with Crippen molar-refractivity contribution in [3.8, 4) is 11.3 Å². The summed E-state index contributed by atoms with van der Waals surface area (Å²) in [6.07, 6.45) is 2.11. The highest BCUT2D eigenvalue weighted by molar-refractivity contribution is 6.04. The van der Waals surface area contributed by atoms with Gasteiger partial charge in [-0.25, -0.2) is 23.1 Å². The third-order valence-electron chi connectivity index (χ3n) is 5.89. The molecule has 0 spiro atoms. The lowest BCUT2D eigenvalue weighted by Gasteiger charge is -2.24. The number of fused-ring (bicyclic) bond motifs is 1. The highest BCUT2D eigenvalue weighted by atomic mass is 19.1. The molecule has 3 amide bonds. The molecule has 0 saturated carbocycles. The minimum atomic E-state index is -1.18. The second-order valence-corrected chi connectivity index (χ2v) is 8.17. The van der Waals surface area contributed by atoms with E-state index in [4.69, 9.17) is 5.73 Å². The molecule has 1 aliphatic rings. The van der Waals surface area contributed by atoms with Gasteiger partial charge in [0, 0.05) is 23.6 Å². The summed E-state index contributed by atoms with van der Waals surface area (Å²) in [5.74, 6) is -0.350. The zero-order valence-electron chi connectivity index (χ0n) is 17.9. The Hall–Kier alpha value is -4.28. The molecule has 11 heteroatoms. The molecule has 174 valence electrons. The number of nitrogens with one attached hydrogen (secondary N) is 1. The summed E-state index contributed by atoms with van der Waals surface area (Å²) in [4.78, 5) is 26.3. The van der Waals surface area contributed by atoms with Gasteiger partial charge in [-0.2, -0.15) is 0 Å². The largest absolute Gasteiger partial charge is 0.351 e. The van der Waals surface area contributed by atoms with Crippen molar-refractivity contribution in [3.05, 3.63) is 66.7 Å². The lowest BCUT2D eigenvalue weighted by atomic mass is 10.2. The number of likely N-dealkylation sites (tertiary alicyclic amines) is 1. The molecule has 2 aromatic carbocycles. The van der Waals surface area contributed by atoms with Crippen molar-refractivity contribution in [3.63, 3.8) is 0 Å². The number of para-hydroxylation sites is 1. The van der Waals surface area contributed by atoms with Gasteiger partial charge in [0.2, 0.25) is 0 Å². The van der Waals surface area contributed by atoms with Crippen LogP contribution in [-0.4, -0.2) is 55.3 Å². The van der Waals surface area contributed by atoms with Crippen LogP contribution in [0.5, 0.6) is 0 Å². The first-order valence-corrected chi connectivity index (χ1v) is 10.7. The molecule has 9 nitrogen and oxygen atoms in total. The summed E-state index contributed by atoms with van der Waals surface area (Å²) in [6, 6.07) is 11.3. The number of aromatic nitrogens is 4. The van der Waals surface area contributed by atoms with E-state index in [9.17, 15) is 18.4 Å². The van der Waals surface area contributed by atoms with E-state index in [1.807, 2.05) is 0 Å². The Kier molecular flexibility index (Phi) is 5.44. The van der Waals surface area contributed by atoms with Crippen LogP contribution in [-0.2, 0) is 6.54 Å². The van der Waals surface area contributed by atoms with Gasteiger partial charge >= 0.3 is 12.1 Å². The van der Waals surface area contributed by atoms with Crippen molar-refractivity contribution in [1.29, 1.82) is 0 Å². The first-order chi connectivity index (χ1) is 16.4. The Balaban J connectivity index is 1.34. The fourth-order valence-corrected chi connectivity index (χ4v) is 4.29. The summed E-state index contributed by atoms with van der Waals surface area (Å²) in [7, 11) is 0. The van der Waals surface area contributed by atoms with E-state index in [2.05, 4.69) is 15.6 Å². The third kappa shape index (κ3) is 4.07. The molecule has 34 heavy (non-hydrogen) atoms. The molecule has 2 atom stereocenters. The van der Waals surface area contributed by atoms with Crippen LogP contribution in [0.4, 0.5) is 24.1 Å². The summed E-state index contributed by atoms with van der Waals surface area (Å²) in [5.41, 5.74) is 7.64. The Morgan fingerprint density at radius 1 is 1.12 bits per heavy atom. The predicted molar refractivity (Wildman–Crippen MR) is 121 cm³/mol. The molecule has 1 saturated heterocycles. The molecule has 1 fully saturated rings. The van der Waals surface area contributed by atoms with E-state index in [1.54, 1.807) is 47.3 Å². The number of anilines is 1. The van der Waals surface area contributed by atoms with E-state index in [-0.39, 0.29) is 25.3 Å². The monoisotopic (exact) mass is 465 g/mol. The molecule has 0 bridgehead atoms. The standard InChI is InChI=1S/C23H21F2N7O2/c24-15-7-5-14(6-8-15)19-12-30(29-28-19)11-17-9-16(25)10-31(17)23(34)27-20-13-32(22(26)33)21-4-2-1-3-18(20)21/h1-8,12-13,16-17H,9-11H2,(H2,26,33)(H,27,34). The second-order valence-electron chi connectivity index (χ2n) is 8.17. The number of carbonyl (C=O) groups is 2. The van der Waals surface area contributed by atoms with Gasteiger partial charge < -0.3 is 16.0 Å². The number of hydrogen-bond donors (Lipinski definition) is 2. The van der Waals surface area contributed by atoms with E-state index < -0.39 is 24.3 Å². The lowest BCUT2D eigenvalue weighted by molar-refractivity contribution is 0.197. The molecule has 2 unspecified atom stereocenters. The average molecular weight is 465 g/mol. The smallest absolute Gasteiger partial charge is 0.323 e. The molecule has 2 aromatic heterocycles. The van der Waals surface area contributed by atoms with Crippen LogP contribution < -0.4 is 11.1 Å². The number of amides is 3. The second kappa shape index (κ2) is 8.58. The van der Waals surface area contributed by atoms with Gasteiger partial charge in [-0.1, -0.05) is 23.4 Å². The van der Waals surface area contributed by atoms with E-state index in [0.717, 1.165) is 0 Å². The van der Waals surface area contributed by atoms with Gasteiger partial charge in [-0.3, -0.25) is 4.57 Å². The van der Waals surface area contributed by atoms with Crippen LogP contribution in [0.25, 0.3) is 22.2 Å². The normalized spacial score (nSPS) is 17.9. The van der Waals surface area contributed by atoms with Gasteiger partial charge in [0.25, 0.3) is 0 Å². The van der Waals surface area contributed by atoms with Crippen molar-refractivity contribution >= 4 is 28.7 Å². The maximum atomic E-state index is 14.3. The highest BCUT2D eigenvalue weighted by Crippen LogP contribution is 2.28. The van der Waals surface area contributed by atoms with Gasteiger partial charge in [0.1, 0.15) is 17.7 Å². The Labute approximate surface area is 192 Å². The molecule has 5 rings (SSSR count). The number of alkyl halides is 1. The number of urea groups is 1. The summed E-state index contributed by atoms with van der Waals surface area (Å²) in [6.45, 7) is 0.176. The third-order valence-corrected chi connectivity index (χ3v) is 5.89. The summed E-state index contributed by atoms with van der Waals surface area (Å²) < 4.78 is 30.3. The Morgan fingerprint density at radius 3 is 2.65 bits per heavy atom. The number of primary amides is 1. The Morgan fingerprint density at radius 2 is 1.88 bits per heavy atom. The van der Waals surface area contributed by atoms with Crippen LogP contribution in [0.2, 0.25) is 0 Å². The first-order valence-electron chi connectivity index (χ1n) is 10.7. The first kappa shape index (κ1) is 21.6. The molecule has 0 radical (unpaired) electrons. The van der Waals surface area contributed by atoms with Gasteiger partial charge in [0.15, 0.2) is 0 Å². The van der Waals surface area contributed by atoms with Crippen LogP contribution >= 0.6 is 0 Å². The van der Waals surface area contributed by atoms with Crippen molar-refractivity contribution in [2.45, 2.75) is 25.2 Å². The highest BCUT2D eigenvalue weighted by Gasteiger charge is 2.36. The molecule has 3 heterocycles. The molecule has 3 N–H and O–H groups in total. The molecule has 1 aliphatic heterocycles. The summed E-state index contributed by atoms with van der Waals surface area (Å²) >= 11 is 0. The molecular formula is C23H21F2N7O2. The fraction of sp³-hybridized carbons (Fsp3) is 0.217. The van der Waals surface area contributed by atoms with Gasteiger partial charge in [0.05, 0.1) is 36.5 Å². The van der Waals surface area contributed by atoms with Gasteiger partial charge in [-0.05, 0) is 30.3 Å². The Bertz CT molecular complexity index is 1370. The zero-order valence-corrected chi connectivity index (χ0v) is 17.9. The zero-order chi connectivity index (χ0) is 23.8. The van der Waals surface area contributed by atoms with Gasteiger partial charge in [-0.15, -0.1) is 5.10 Å². The topological polar surface area (TPSA) is 111 Å². The maximum absolute atomic E-state index is 14.3. The average Bonchev–Trinajstić information content (AvgIpc) is 3.52. The number of carbonyl (C=O) groups excluding carboxylic acids is 2. The van der Waals surface area contributed by atoms with Crippen molar-refractivity contribution < 1.29 is 18.4 Å². The van der Waals surface area contributed by atoms with Crippen LogP contribution in [0.15, 0.2) is 60.9 Å². The van der Waals surface area contributed by atoms with E-state index >= 15 is 0 Å². The minimum Gasteiger partial charge on any atom is -0.351 e. The number of nitrogens with zero attached hydrogens (tertiary/aromatic N) is 5. The number of halogens is 2.